The molecule has 1 saturated heterocycles. The highest BCUT2D eigenvalue weighted by Crippen LogP contribution is 2.38. The monoisotopic (exact) mass is 408 g/mol. The Morgan fingerprint density at radius 1 is 1.03 bits per heavy atom. The van der Waals surface area contributed by atoms with Gasteiger partial charge in [-0.2, -0.15) is 0 Å². The fraction of sp³-hybridized carbons (Fsp3) is 0.619. The molecule has 29 heavy (non-hydrogen) atoms. The number of nitrogens with zero attached hydrogens (tertiary/aromatic N) is 1. The van der Waals surface area contributed by atoms with Crippen LogP contribution in [0.25, 0.3) is 0 Å². The molecule has 1 aliphatic heterocycles. The summed E-state index contributed by atoms with van der Waals surface area (Å²) in [5.74, 6) is 1.45. The number of amides is 2. The first-order chi connectivity index (χ1) is 13.7. The second-order valence-corrected chi connectivity index (χ2v) is 7.99. The van der Waals surface area contributed by atoms with Crippen LogP contribution in [0.3, 0.4) is 0 Å². The standard InChI is InChI=1S/C21H32N2O6/c1-21(2,3)29-20(25)23-9-7-15(8-10-23)19(24)22-13-14-11-16(26-4)18(28-6)17(12-14)27-5/h11-12,15H,7-10,13H2,1-6H3,(H,22,24). The van der Waals surface area contributed by atoms with Gasteiger partial charge in [0.1, 0.15) is 5.60 Å². The molecule has 2 rings (SSSR count). The molecule has 0 aliphatic carbocycles. The summed E-state index contributed by atoms with van der Waals surface area (Å²) in [6.07, 6.45) is 0.898. The quantitative estimate of drug-likeness (QED) is 0.779. The topological polar surface area (TPSA) is 86.3 Å². The summed E-state index contributed by atoms with van der Waals surface area (Å²) in [6, 6.07) is 3.62. The third-order valence-corrected chi connectivity index (χ3v) is 4.71. The van der Waals surface area contributed by atoms with E-state index in [0.29, 0.717) is 49.7 Å². The molecule has 1 aliphatic rings. The van der Waals surface area contributed by atoms with Crippen molar-refractivity contribution in [3.05, 3.63) is 17.7 Å². The van der Waals surface area contributed by atoms with E-state index in [1.165, 1.54) is 0 Å². The van der Waals surface area contributed by atoms with Crippen LogP contribution in [-0.2, 0) is 16.1 Å². The van der Waals surface area contributed by atoms with Gasteiger partial charge < -0.3 is 29.2 Å². The third kappa shape index (κ3) is 6.17. The number of piperidine rings is 1. The highest BCUT2D eigenvalue weighted by Gasteiger charge is 2.29. The predicted octanol–water partition coefficient (Wildman–Crippen LogP) is 2.98. The highest BCUT2D eigenvalue weighted by atomic mass is 16.6. The van der Waals surface area contributed by atoms with Crippen molar-refractivity contribution in [1.82, 2.24) is 10.2 Å². The van der Waals surface area contributed by atoms with E-state index >= 15 is 0 Å². The van der Waals surface area contributed by atoms with Gasteiger partial charge in [0.05, 0.1) is 21.3 Å². The first-order valence-corrected chi connectivity index (χ1v) is 9.73. The van der Waals surface area contributed by atoms with Crippen molar-refractivity contribution in [3.63, 3.8) is 0 Å². The Balaban J connectivity index is 1.90. The lowest BCUT2D eigenvalue weighted by Crippen LogP contribution is -2.44. The molecule has 0 saturated carbocycles. The summed E-state index contributed by atoms with van der Waals surface area (Å²) in [6.45, 7) is 6.90. The molecule has 8 heteroatoms. The van der Waals surface area contributed by atoms with E-state index < -0.39 is 5.60 Å². The zero-order valence-electron chi connectivity index (χ0n) is 18.2. The number of rotatable bonds is 6. The Labute approximate surface area is 172 Å². The van der Waals surface area contributed by atoms with Crippen LogP contribution in [0.1, 0.15) is 39.2 Å². The predicted molar refractivity (Wildman–Crippen MR) is 108 cm³/mol. The first kappa shape index (κ1) is 22.6. The van der Waals surface area contributed by atoms with Crippen molar-refractivity contribution < 1.29 is 28.5 Å². The molecule has 0 bridgehead atoms. The van der Waals surface area contributed by atoms with E-state index in [9.17, 15) is 9.59 Å². The molecule has 1 fully saturated rings. The van der Waals surface area contributed by atoms with Crippen molar-refractivity contribution in [2.24, 2.45) is 5.92 Å². The van der Waals surface area contributed by atoms with Crippen molar-refractivity contribution in [2.45, 2.75) is 45.8 Å². The van der Waals surface area contributed by atoms with Crippen molar-refractivity contribution in [3.8, 4) is 17.2 Å². The maximum absolute atomic E-state index is 12.6. The van der Waals surface area contributed by atoms with Gasteiger partial charge in [0.2, 0.25) is 11.7 Å². The van der Waals surface area contributed by atoms with Gasteiger partial charge in [-0.3, -0.25) is 4.79 Å². The Kier molecular flexibility index (Phi) is 7.59. The molecule has 2 amide bonds. The highest BCUT2D eigenvalue weighted by molar-refractivity contribution is 5.79. The van der Waals surface area contributed by atoms with Gasteiger partial charge in [0, 0.05) is 25.6 Å². The van der Waals surface area contributed by atoms with Gasteiger partial charge in [-0.15, -0.1) is 0 Å². The van der Waals surface area contributed by atoms with Crippen molar-refractivity contribution >= 4 is 12.0 Å². The second kappa shape index (κ2) is 9.71. The summed E-state index contributed by atoms with van der Waals surface area (Å²) in [5.41, 5.74) is 0.324. The minimum atomic E-state index is -0.522. The van der Waals surface area contributed by atoms with Crippen molar-refractivity contribution in [2.75, 3.05) is 34.4 Å². The molecular weight excluding hydrogens is 376 g/mol. The van der Waals surface area contributed by atoms with E-state index in [4.69, 9.17) is 18.9 Å². The normalized spacial score (nSPS) is 14.9. The fourth-order valence-electron chi connectivity index (χ4n) is 3.22. The maximum atomic E-state index is 12.6. The molecule has 0 spiro atoms. The summed E-state index contributed by atoms with van der Waals surface area (Å²) in [4.78, 5) is 26.4. The lowest BCUT2D eigenvalue weighted by Gasteiger charge is -2.32. The molecule has 0 aromatic heterocycles. The smallest absolute Gasteiger partial charge is 0.410 e. The molecule has 1 aromatic rings. The number of carbonyl (C=O) groups excluding carboxylic acids is 2. The lowest BCUT2D eigenvalue weighted by atomic mass is 9.96. The lowest BCUT2D eigenvalue weighted by molar-refractivity contribution is -0.126. The number of hydrogen-bond acceptors (Lipinski definition) is 6. The van der Waals surface area contributed by atoms with E-state index in [1.54, 1.807) is 26.2 Å². The Bertz CT molecular complexity index is 695. The second-order valence-electron chi connectivity index (χ2n) is 7.99. The largest absolute Gasteiger partial charge is 0.493 e. The van der Waals surface area contributed by atoms with Crippen LogP contribution < -0.4 is 19.5 Å². The number of carbonyl (C=O) groups is 2. The zero-order chi connectivity index (χ0) is 21.6. The van der Waals surface area contributed by atoms with Gasteiger partial charge in [0.15, 0.2) is 11.5 Å². The molecule has 0 radical (unpaired) electrons. The molecule has 1 aromatic carbocycles. The summed E-state index contributed by atoms with van der Waals surface area (Å²) in [5, 5.41) is 2.97. The van der Waals surface area contributed by atoms with Gasteiger partial charge in [-0.25, -0.2) is 4.79 Å². The van der Waals surface area contributed by atoms with Crippen LogP contribution in [0, 0.1) is 5.92 Å². The van der Waals surface area contributed by atoms with Crippen LogP contribution >= 0.6 is 0 Å². The fourth-order valence-corrected chi connectivity index (χ4v) is 3.22. The maximum Gasteiger partial charge on any atom is 0.410 e. The van der Waals surface area contributed by atoms with Crippen LogP contribution in [0.5, 0.6) is 17.2 Å². The van der Waals surface area contributed by atoms with Gasteiger partial charge >= 0.3 is 6.09 Å². The van der Waals surface area contributed by atoms with E-state index in [2.05, 4.69) is 5.32 Å². The van der Waals surface area contributed by atoms with Gasteiger partial charge in [0.25, 0.3) is 0 Å². The summed E-state index contributed by atoms with van der Waals surface area (Å²) >= 11 is 0. The molecule has 0 unspecified atom stereocenters. The van der Waals surface area contributed by atoms with Gasteiger partial charge in [-0.05, 0) is 51.3 Å². The van der Waals surface area contributed by atoms with Crippen molar-refractivity contribution in [1.29, 1.82) is 0 Å². The number of methoxy groups -OCH3 is 3. The number of ether oxygens (including phenoxy) is 4. The Hall–Kier alpha value is -2.64. The number of likely N-dealkylation sites (tertiary alicyclic amines) is 1. The zero-order valence-corrected chi connectivity index (χ0v) is 18.2. The molecular formula is C21H32N2O6. The van der Waals surface area contributed by atoms with Crippen LogP contribution in [-0.4, -0.2) is 56.9 Å². The molecule has 1 heterocycles. The van der Waals surface area contributed by atoms with Gasteiger partial charge in [-0.1, -0.05) is 0 Å². The molecule has 0 atom stereocenters. The minimum Gasteiger partial charge on any atom is -0.493 e. The minimum absolute atomic E-state index is 0.0254. The van der Waals surface area contributed by atoms with Crippen LogP contribution in [0.4, 0.5) is 4.79 Å². The average molecular weight is 408 g/mol. The Morgan fingerprint density at radius 2 is 1.59 bits per heavy atom. The summed E-state index contributed by atoms with van der Waals surface area (Å²) < 4.78 is 21.4. The molecule has 8 nitrogen and oxygen atoms in total. The number of hydrogen-bond donors (Lipinski definition) is 1. The van der Waals surface area contributed by atoms with E-state index in [1.807, 2.05) is 32.9 Å². The average Bonchev–Trinajstić information content (AvgIpc) is 2.69. The number of benzene rings is 1. The SMILES string of the molecule is COc1cc(CNC(=O)C2CCN(C(=O)OC(C)(C)C)CC2)cc(OC)c1OC. The first-order valence-electron chi connectivity index (χ1n) is 9.73. The van der Waals surface area contributed by atoms with E-state index in [-0.39, 0.29) is 17.9 Å². The summed E-state index contributed by atoms with van der Waals surface area (Å²) in [7, 11) is 4.65. The molecule has 1 N–H and O–H groups in total. The third-order valence-electron chi connectivity index (χ3n) is 4.71. The molecule has 162 valence electrons. The van der Waals surface area contributed by atoms with Crippen LogP contribution in [0.15, 0.2) is 12.1 Å². The number of nitrogens with one attached hydrogen (secondary N) is 1. The Morgan fingerprint density at radius 3 is 2.03 bits per heavy atom. The van der Waals surface area contributed by atoms with Crippen LogP contribution in [0.2, 0.25) is 0 Å². The van der Waals surface area contributed by atoms with E-state index in [0.717, 1.165) is 5.56 Å².